The molecule has 1 aromatic carbocycles. The van der Waals surface area contributed by atoms with Gasteiger partial charge < -0.3 is 10.1 Å². The molecule has 3 nitrogen and oxygen atoms in total. The van der Waals surface area contributed by atoms with E-state index in [2.05, 4.69) is 26.6 Å². The molecule has 5 heteroatoms. The number of rotatable bonds is 2. The lowest BCUT2D eigenvalue weighted by molar-refractivity contribution is 0.269. The van der Waals surface area contributed by atoms with Crippen molar-refractivity contribution in [3.63, 3.8) is 0 Å². The molecule has 0 aliphatic heterocycles. The lowest BCUT2D eigenvalue weighted by Gasteiger charge is -2.08. The number of pyridine rings is 1. The first-order valence-corrected chi connectivity index (χ1v) is 5.90. The van der Waals surface area contributed by atoms with Gasteiger partial charge in [-0.3, -0.25) is 4.98 Å². The van der Waals surface area contributed by atoms with Crippen molar-refractivity contribution >= 4 is 38.3 Å². The topological polar surface area (TPSA) is 42.0 Å². The molecular formula is C12H8AlClN2O. The van der Waals surface area contributed by atoms with Crippen molar-refractivity contribution in [1.82, 2.24) is 4.98 Å². The van der Waals surface area contributed by atoms with Crippen LogP contribution in [0.3, 0.4) is 0 Å². The number of carbonyl (C=O) groups excluding carboxylic acids is 1. The zero-order valence-corrected chi connectivity index (χ0v) is 10.8. The van der Waals surface area contributed by atoms with Crippen LogP contribution >= 0.6 is 11.6 Å². The van der Waals surface area contributed by atoms with Crippen LogP contribution in [-0.4, -0.2) is 26.0 Å². The van der Waals surface area contributed by atoms with Crippen molar-refractivity contribution in [2.75, 3.05) is 5.32 Å². The molecule has 2 aromatic rings. The van der Waals surface area contributed by atoms with Gasteiger partial charge in [0.2, 0.25) is 0 Å². The molecule has 0 bridgehead atoms. The molecule has 0 atom stereocenters. The molecule has 1 aromatic heterocycles. The summed E-state index contributed by atoms with van der Waals surface area (Å²) < 4.78 is -0.195. The highest BCUT2D eigenvalue weighted by Crippen LogP contribution is 2.28. The van der Waals surface area contributed by atoms with Crippen molar-refractivity contribution < 1.29 is 4.79 Å². The van der Waals surface area contributed by atoms with Crippen molar-refractivity contribution in [2.24, 2.45) is 0 Å². The second-order valence-electron chi connectivity index (χ2n) is 3.40. The molecule has 2 radical (unpaired) electrons. The lowest BCUT2D eigenvalue weighted by Crippen LogP contribution is -2.08. The van der Waals surface area contributed by atoms with Gasteiger partial charge in [0.15, 0.2) is 0 Å². The van der Waals surface area contributed by atoms with E-state index >= 15 is 0 Å². The van der Waals surface area contributed by atoms with Crippen molar-refractivity contribution in [3.8, 4) is 11.3 Å². The number of anilines is 1. The van der Waals surface area contributed by atoms with Gasteiger partial charge in [0.1, 0.15) is 4.77 Å². The van der Waals surface area contributed by atoms with Gasteiger partial charge in [0.25, 0.3) is 16.3 Å². The molecule has 0 fully saturated rings. The summed E-state index contributed by atoms with van der Waals surface area (Å²) in [5, 5.41) is 3.28. The number of aromatic nitrogens is 1. The predicted molar refractivity (Wildman–Crippen MR) is 69.5 cm³/mol. The average molecular weight is 259 g/mol. The zero-order chi connectivity index (χ0) is 12.3. The van der Waals surface area contributed by atoms with Crippen molar-refractivity contribution in [1.29, 1.82) is 0 Å². The summed E-state index contributed by atoms with van der Waals surface area (Å²) in [6.07, 6.45) is 1.70. The van der Waals surface area contributed by atoms with E-state index in [9.17, 15) is 4.79 Å². The highest BCUT2D eigenvalue weighted by Gasteiger charge is 2.06. The van der Waals surface area contributed by atoms with Gasteiger partial charge in [-0.05, 0) is 30.3 Å². The number of halogens is 1. The van der Waals surface area contributed by atoms with E-state index in [4.69, 9.17) is 11.6 Å². The Kier molecular flexibility index (Phi) is 3.80. The summed E-state index contributed by atoms with van der Waals surface area (Å²) in [6.45, 7) is 0. The van der Waals surface area contributed by atoms with E-state index in [-0.39, 0.29) is 4.77 Å². The summed E-state index contributed by atoms with van der Waals surface area (Å²) in [6, 6.07) is 10.9. The minimum absolute atomic E-state index is 0.195. The van der Waals surface area contributed by atoms with E-state index in [0.717, 1.165) is 11.3 Å². The minimum Gasteiger partial charge on any atom is -0.345 e. The Labute approximate surface area is 112 Å². The first kappa shape index (κ1) is 12.1. The minimum atomic E-state index is -0.195. The van der Waals surface area contributed by atoms with Crippen LogP contribution in [0.5, 0.6) is 0 Å². The second kappa shape index (κ2) is 5.33. The number of carbonyl (C=O) groups is 1. The Morgan fingerprint density at radius 3 is 2.76 bits per heavy atom. The summed E-state index contributed by atoms with van der Waals surface area (Å²) in [7, 11) is 0. The Bertz CT molecular complexity index is 545. The summed E-state index contributed by atoms with van der Waals surface area (Å²) in [5.41, 5.74) is 2.26. The molecule has 82 valence electrons. The highest BCUT2D eigenvalue weighted by atomic mass is 35.5. The number of amides is 1. The maximum Gasteiger partial charge on any atom is 0.281 e. The van der Waals surface area contributed by atoms with E-state index < -0.39 is 0 Å². The fourth-order valence-corrected chi connectivity index (χ4v) is 1.84. The van der Waals surface area contributed by atoms with E-state index in [1.165, 1.54) is 0 Å². The number of nitrogens with one attached hydrogen (secondary N) is 1. The lowest BCUT2D eigenvalue weighted by atomic mass is 10.1. The number of benzene rings is 1. The molecule has 0 saturated carbocycles. The van der Waals surface area contributed by atoms with Crippen molar-refractivity contribution in [3.05, 3.63) is 47.6 Å². The zero-order valence-electron chi connectivity index (χ0n) is 8.85. The summed E-state index contributed by atoms with van der Waals surface area (Å²) >= 11 is 8.17. The van der Waals surface area contributed by atoms with Crippen LogP contribution in [0.1, 0.15) is 0 Å². The standard InChI is InChI=1S/C12H8ClN2O.Al/c13-11-5-4-9(15-8-16)7-10(11)12-3-1-2-6-14-12;/h1-7H,(H,15,16);. The smallest absolute Gasteiger partial charge is 0.281 e. The molecule has 1 N–H and O–H groups in total. The first-order valence-electron chi connectivity index (χ1n) is 4.94. The monoisotopic (exact) mass is 258 g/mol. The summed E-state index contributed by atoms with van der Waals surface area (Å²) in [4.78, 5) is 15.2. The first-order chi connectivity index (χ1) is 8.16. The maximum absolute atomic E-state index is 10.9. The third-order valence-corrected chi connectivity index (χ3v) is 2.65. The molecule has 1 amide bonds. The van der Waals surface area contributed by atoms with Crippen LogP contribution in [-0.2, 0) is 0 Å². The van der Waals surface area contributed by atoms with Gasteiger partial charge in [-0.2, -0.15) is 0 Å². The molecule has 0 aliphatic carbocycles. The third-order valence-electron chi connectivity index (χ3n) is 2.17. The van der Waals surface area contributed by atoms with Gasteiger partial charge >= 0.3 is 0 Å². The fraction of sp³-hybridized carbons (Fsp3) is 0. The Morgan fingerprint density at radius 2 is 2.12 bits per heavy atom. The molecular weight excluding hydrogens is 251 g/mol. The van der Waals surface area contributed by atoms with Crippen LogP contribution in [0.2, 0.25) is 5.02 Å². The van der Waals surface area contributed by atoms with Crippen LogP contribution in [0.15, 0.2) is 42.6 Å². The van der Waals surface area contributed by atoms with Crippen LogP contribution in [0, 0.1) is 0 Å². The molecule has 17 heavy (non-hydrogen) atoms. The molecule has 0 aliphatic rings. The van der Waals surface area contributed by atoms with Gasteiger partial charge in [-0.1, -0.05) is 17.7 Å². The Hall–Kier alpha value is -1.34. The second-order valence-corrected chi connectivity index (χ2v) is 4.33. The average Bonchev–Trinajstić information content (AvgIpc) is 2.32. The Morgan fingerprint density at radius 1 is 1.29 bits per heavy atom. The van der Waals surface area contributed by atoms with E-state index in [1.54, 1.807) is 24.4 Å². The molecule has 2 rings (SSSR count). The van der Waals surface area contributed by atoms with Gasteiger partial charge in [-0.15, -0.1) is 0 Å². The molecule has 0 unspecified atom stereocenters. The number of nitrogens with zero attached hydrogens (tertiary/aromatic N) is 1. The van der Waals surface area contributed by atoms with E-state index in [1.807, 2.05) is 18.2 Å². The van der Waals surface area contributed by atoms with Crippen molar-refractivity contribution in [2.45, 2.75) is 0 Å². The molecule has 0 saturated heterocycles. The quantitative estimate of drug-likeness (QED) is 0.841. The predicted octanol–water partition coefficient (Wildman–Crippen LogP) is 3.10. The summed E-state index contributed by atoms with van der Waals surface area (Å²) in [5.74, 6) is 0. The largest absolute Gasteiger partial charge is 0.345 e. The SMILES string of the molecule is O=[C]([Al])Nc1ccc(Cl)c(-c2ccccn2)c1. The van der Waals surface area contributed by atoms with Crippen LogP contribution in [0.4, 0.5) is 10.5 Å². The van der Waals surface area contributed by atoms with E-state index in [0.29, 0.717) is 10.7 Å². The highest BCUT2D eigenvalue weighted by molar-refractivity contribution is 6.60. The number of hydrogen-bond acceptors (Lipinski definition) is 2. The third kappa shape index (κ3) is 3.07. The molecule has 0 spiro atoms. The molecule has 1 heterocycles. The normalized spacial score (nSPS) is 9.94. The van der Waals surface area contributed by atoms with Gasteiger partial charge in [0, 0.05) is 17.4 Å². The number of hydrogen-bond donors (Lipinski definition) is 1. The van der Waals surface area contributed by atoms with Gasteiger partial charge in [0.05, 0.1) is 10.7 Å². The Balaban J connectivity index is 2.43. The van der Waals surface area contributed by atoms with Gasteiger partial charge in [-0.25, -0.2) is 0 Å². The fourth-order valence-electron chi connectivity index (χ4n) is 1.46. The van der Waals surface area contributed by atoms with Crippen LogP contribution < -0.4 is 5.32 Å². The van der Waals surface area contributed by atoms with Crippen LogP contribution in [0.25, 0.3) is 11.3 Å². The maximum atomic E-state index is 10.9.